The summed E-state index contributed by atoms with van der Waals surface area (Å²) in [5.41, 5.74) is 3.30. The number of hydrogen-bond donors (Lipinski definition) is 0. The van der Waals surface area contributed by atoms with Gasteiger partial charge in [0, 0.05) is 23.7 Å². The first-order valence-electron chi connectivity index (χ1n) is 9.57. The Morgan fingerprint density at radius 2 is 1.79 bits per heavy atom. The summed E-state index contributed by atoms with van der Waals surface area (Å²) in [6.07, 6.45) is 4.08. The fourth-order valence-electron chi connectivity index (χ4n) is 3.51. The Labute approximate surface area is 170 Å². The lowest BCUT2D eigenvalue weighted by molar-refractivity contribution is -0.129. The number of thioether (sulfide) groups is 1. The zero-order valence-electron chi connectivity index (χ0n) is 16.6. The van der Waals surface area contributed by atoms with E-state index in [-0.39, 0.29) is 11.4 Å². The number of hydrogen-bond acceptors (Lipinski definition) is 3. The van der Waals surface area contributed by atoms with Crippen LogP contribution in [0.4, 0.5) is 0 Å². The van der Waals surface area contributed by atoms with Crippen molar-refractivity contribution in [3.05, 3.63) is 71.7 Å². The van der Waals surface area contributed by atoms with Crippen LogP contribution >= 0.6 is 11.8 Å². The molecule has 5 nitrogen and oxygen atoms in total. The summed E-state index contributed by atoms with van der Waals surface area (Å²) >= 11 is 1.67. The van der Waals surface area contributed by atoms with Gasteiger partial charge < -0.3 is 9.47 Å². The monoisotopic (exact) mass is 394 g/mol. The van der Waals surface area contributed by atoms with Gasteiger partial charge in [-0.15, -0.1) is 11.8 Å². The first kappa shape index (κ1) is 18.9. The van der Waals surface area contributed by atoms with Gasteiger partial charge in [0.2, 0.25) is 5.91 Å². The highest BCUT2D eigenvalue weighted by molar-refractivity contribution is 7.99. The molecule has 6 heteroatoms. The van der Waals surface area contributed by atoms with Crippen LogP contribution in [0.3, 0.4) is 0 Å². The molecule has 2 aromatic heterocycles. The molecule has 146 valence electrons. The van der Waals surface area contributed by atoms with Crippen molar-refractivity contribution in [2.24, 2.45) is 0 Å². The van der Waals surface area contributed by atoms with Gasteiger partial charge >= 0.3 is 0 Å². The minimum atomic E-state index is -0.121. The topological polar surface area (TPSA) is 43.1 Å². The van der Waals surface area contributed by atoms with Crippen molar-refractivity contribution in [1.82, 2.24) is 19.2 Å². The van der Waals surface area contributed by atoms with E-state index in [9.17, 15) is 4.79 Å². The Bertz CT molecular complexity index is 955. The zero-order chi connectivity index (χ0) is 19.7. The zero-order valence-corrected chi connectivity index (χ0v) is 17.4. The number of aromatic nitrogens is 3. The number of nitrogens with zero attached hydrogens (tertiary/aromatic N) is 4. The lowest BCUT2D eigenvalue weighted by Crippen LogP contribution is -2.30. The van der Waals surface area contributed by atoms with Crippen LogP contribution in [0.25, 0.3) is 5.82 Å². The molecule has 3 heterocycles. The van der Waals surface area contributed by atoms with Crippen LogP contribution in [0, 0.1) is 0 Å². The van der Waals surface area contributed by atoms with Crippen LogP contribution in [0.2, 0.25) is 0 Å². The lowest BCUT2D eigenvalue weighted by Gasteiger charge is -2.24. The van der Waals surface area contributed by atoms with Crippen molar-refractivity contribution in [3.8, 4) is 5.82 Å². The maximum atomic E-state index is 12.7. The third kappa shape index (κ3) is 3.74. The second-order valence-corrected chi connectivity index (χ2v) is 9.14. The molecule has 0 aliphatic carbocycles. The third-order valence-electron chi connectivity index (χ3n) is 4.90. The fraction of sp³-hybridized carbons (Fsp3) is 0.364. The van der Waals surface area contributed by atoms with Gasteiger partial charge in [-0.1, -0.05) is 30.3 Å². The average Bonchev–Trinajstić information content (AvgIpc) is 3.37. The van der Waals surface area contributed by atoms with E-state index in [0.717, 1.165) is 22.8 Å². The summed E-state index contributed by atoms with van der Waals surface area (Å²) in [4.78, 5) is 14.7. The van der Waals surface area contributed by atoms with Gasteiger partial charge in [0.25, 0.3) is 0 Å². The quantitative estimate of drug-likeness (QED) is 0.651. The molecule has 4 rings (SSSR count). The summed E-state index contributed by atoms with van der Waals surface area (Å²) in [7, 11) is 0. The van der Waals surface area contributed by atoms with Gasteiger partial charge in [0.05, 0.1) is 30.1 Å². The standard InChI is InChI=1S/C22H26N4OS/c1-22(2,3)26-21(24-11-7-8-12-24)18-13-25(14-19(18)23-26)20(27)16-28-15-17-9-5-4-6-10-17/h4-12H,13-16H2,1-3H3. The summed E-state index contributed by atoms with van der Waals surface area (Å²) in [6, 6.07) is 14.3. The van der Waals surface area contributed by atoms with Gasteiger partial charge in [0.1, 0.15) is 5.82 Å². The van der Waals surface area contributed by atoms with E-state index in [4.69, 9.17) is 5.10 Å². The Morgan fingerprint density at radius 3 is 2.46 bits per heavy atom. The smallest absolute Gasteiger partial charge is 0.233 e. The lowest BCUT2D eigenvalue weighted by atomic mass is 10.1. The molecule has 0 fully saturated rings. The molecule has 0 saturated heterocycles. The van der Waals surface area contributed by atoms with E-state index in [1.807, 2.05) is 47.6 Å². The predicted molar refractivity (Wildman–Crippen MR) is 113 cm³/mol. The van der Waals surface area contributed by atoms with Crippen LogP contribution in [0.5, 0.6) is 0 Å². The number of rotatable bonds is 5. The largest absolute Gasteiger partial charge is 0.331 e. The number of carbonyl (C=O) groups excluding carboxylic acids is 1. The van der Waals surface area contributed by atoms with Crippen LogP contribution in [0.1, 0.15) is 37.6 Å². The maximum absolute atomic E-state index is 12.7. The SMILES string of the molecule is CC(C)(C)n1nc2c(c1-n1cccc1)CN(C(=O)CSCc1ccccc1)C2. The molecule has 1 amide bonds. The van der Waals surface area contributed by atoms with Crippen LogP contribution in [0.15, 0.2) is 54.9 Å². The molecule has 0 N–H and O–H groups in total. The van der Waals surface area contributed by atoms with Gasteiger partial charge in [-0.2, -0.15) is 5.10 Å². The van der Waals surface area contributed by atoms with Crippen molar-refractivity contribution in [1.29, 1.82) is 0 Å². The van der Waals surface area contributed by atoms with Crippen molar-refractivity contribution < 1.29 is 4.79 Å². The molecule has 28 heavy (non-hydrogen) atoms. The van der Waals surface area contributed by atoms with Crippen molar-refractivity contribution >= 4 is 17.7 Å². The first-order valence-corrected chi connectivity index (χ1v) is 10.7. The highest BCUT2D eigenvalue weighted by Crippen LogP contribution is 2.32. The highest BCUT2D eigenvalue weighted by atomic mass is 32.2. The molecule has 0 radical (unpaired) electrons. The molecular formula is C22H26N4OS. The molecule has 0 saturated carbocycles. The van der Waals surface area contributed by atoms with Gasteiger partial charge in [0.15, 0.2) is 0 Å². The van der Waals surface area contributed by atoms with Gasteiger partial charge in [-0.25, -0.2) is 4.68 Å². The average molecular weight is 395 g/mol. The maximum Gasteiger partial charge on any atom is 0.233 e. The molecule has 1 aliphatic rings. The molecule has 1 aromatic carbocycles. The Hall–Kier alpha value is -2.47. The van der Waals surface area contributed by atoms with Crippen molar-refractivity contribution in [2.45, 2.75) is 45.2 Å². The summed E-state index contributed by atoms with van der Waals surface area (Å²) in [5, 5.41) is 4.87. The number of benzene rings is 1. The Morgan fingerprint density at radius 1 is 1.07 bits per heavy atom. The minimum absolute atomic E-state index is 0.121. The summed E-state index contributed by atoms with van der Waals surface area (Å²) in [5.74, 6) is 2.60. The van der Waals surface area contributed by atoms with Crippen molar-refractivity contribution in [2.75, 3.05) is 5.75 Å². The number of carbonyl (C=O) groups is 1. The van der Waals surface area contributed by atoms with E-state index in [1.54, 1.807) is 11.8 Å². The highest BCUT2D eigenvalue weighted by Gasteiger charge is 2.33. The van der Waals surface area contributed by atoms with Gasteiger partial charge in [-0.3, -0.25) is 4.79 Å². The van der Waals surface area contributed by atoms with E-state index >= 15 is 0 Å². The molecule has 0 spiro atoms. The second kappa shape index (κ2) is 7.51. The number of amides is 1. The van der Waals surface area contributed by atoms with E-state index in [1.165, 1.54) is 5.56 Å². The molecule has 0 bridgehead atoms. The Kier molecular flexibility index (Phi) is 5.06. The fourth-order valence-corrected chi connectivity index (χ4v) is 4.40. The van der Waals surface area contributed by atoms with Crippen molar-refractivity contribution in [3.63, 3.8) is 0 Å². The second-order valence-electron chi connectivity index (χ2n) is 8.15. The van der Waals surface area contributed by atoms with Crippen LogP contribution < -0.4 is 0 Å². The van der Waals surface area contributed by atoms with E-state index in [0.29, 0.717) is 18.8 Å². The third-order valence-corrected chi connectivity index (χ3v) is 5.89. The molecule has 3 aromatic rings. The normalized spacial score (nSPS) is 13.8. The number of fused-ring (bicyclic) bond motifs is 1. The summed E-state index contributed by atoms with van der Waals surface area (Å²) < 4.78 is 4.19. The molecule has 0 atom stereocenters. The molecule has 0 unspecified atom stereocenters. The Balaban J connectivity index is 1.47. The predicted octanol–water partition coefficient (Wildman–Crippen LogP) is 4.20. The van der Waals surface area contributed by atoms with Gasteiger partial charge in [-0.05, 0) is 38.5 Å². The van der Waals surface area contributed by atoms with Crippen LogP contribution in [-0.2, 0) is 29.2 Å². The molecule has 1 aliphatic heterocycles. The summed E-state index contributed by atoms with van der Waals surface area (Å²) in [6.45, 7) is 7.70. The first-order chi connectivity index (χ1) is 13.4. The van der Waals surface area contributed by atoms with E-state index in [2.05, 4.69) is 42.2 Å². The minimum Gasteiger partial charge on any atom is -0.331 e. The van der Waals surface area contributed by atoms with Crippen LogP contribution in [-0.4, -0.2) is 30.9 Å². The molecular weight excluding hydrogens is 368 g/mol. The van der Waals surface area contributed by atoms with E-state index < -0.39 is 0 Å².